The largest absolute Gasteiger partial charge is 0.487 e. The molecule has 1 heterocycles. The van der Waals surface area contributed by atoms with Gasteiger partial charge >= 0.3 is 6.09 Å². The fourth-order valence-corrected chi connectivity index (χ4v) is 3.45. The molecule has 3 aromatic carbocycles. The number of hydrogen-bond acceptors (Lipinski definition) is 6. The lowest BCUT2D eigenvalue weighted by Gasteiger charge is -2.13. The number of benzene rings is 3. The third-order valence-electron chi connectivity index (χ3n) is 4.80. The van der Waals surface area contributed by atoms with Crippen LogP contribution in [0.1, 0.15) is 5.56 Å². The van der Waals surface area contributed by atoms with Crippen molar-refractivity contribution in [2.45, 2.75) is 6.61 Å². The Labute approximate surface area is 203 Å². The quantitative estimate of drug-likeness (QED) is 0.272. The monoisotopic (exact) mass is 495 g/mol. The van der Waals surface area contributed by atoms with Crippen LogP contribution in [0.2, 0.25) is 5.02 Å². The Bertz CT molecular complexity index is 1400. The lowest BCUT2D eigenvalue weighted by Crippen LogP contribution is -2.31. The molecule has 2 amide bonds. The minimum absolute atomic E-state index is 0.164. The number of halogens is 2. The smallest absolute Gasteiger partial charge is 0.405 e. The van der Waals surface area contributed by atoms with E-state index >= 15 is 0 Å². The highest BCUT2D eigenvalue weighted by molar-refractivity contribution is 6.32. The van der Waals surface area contributed by atoms with E-state index in [-0.39, 0.29) is 19.0 Å². The first kappa shape index (κ1) is 23.7. The number of nitrogens with one attached hydrogen (secondary N) is 3. The summed E-state index contributed by atoms with van der Waals surface area (Å²) < 4.78 is 19.1. The van der Waals surface area contributed by atoms with Crippen LogP contribution in [0, 0.1) is 5.82 Å². The summed E-state index contributed by atoms with van der Waals surface area (Å²) in [7, 11) is 0. The summed E-state index contributed by atoms with van der Waals surface area (Å²) in [6.45, 7) is -0.215. The number of fused-ring (bicyclic) bond motifs is 1. The van der Waals surface area contributed by atoms with E-state index in [1.807, 2.05) is 5.32 Å². The Hall–Kier alpha value is -4.44. The van der Waals surface area contributed by atoms with Gasteiger partial charge in [-0.05, 0) is 54.1 Å². The molecule has 0 aliphatic rings. The van der Waals surface area contributed by atoms with E-state index in [2.05, 4.69) is 20.6 Å². The number of rotatable bonds is 8. The average molecular weight is 496 g/mol. The molecule has 4 N–H and O–H groups in total. The first-order valence-corrected chi connectivity index (χ1v) is 10.7. The molecule has 0 saturated carbocycles. The zero-order valence-corrected chi connectivity index (χ0v) is 18.8. The van der Waals surface area contributed by atoms with Crippen LogP contribution in [-0.4, -0.2) is 33.6 Å². The maximum Gasteiger partial charge on any atom is 0.405 e. The van der Waals surface area contributed by atoms with Gasteiger partial charge < -0.3 is 25.8 Å². The van der Waals surface area contributed by atoms with Crippen molar-refractivity contribution in [3.8, 4) is 5.75 Å². The molecule has 178 valence electrons. The van der Waals surface area contributed by atoms with Crippen molar-refractivity contribution >= 4 is 51.7 Å². The molecule has 11 heteroatoms. The van der Waals surface area contributed by atoms with Gasteiger partial charge in [0.05, 0.1) is 10.5 Å². The minimum Gasteiger partial charge on any atom is -0.487 e. The summed E-state index contributed by atoms with van der Waals surface area (Å²) in [5, 5.41) is 17.4. The number of carbonyl (C=O) groups is 2. The number of nitrogens with zero attached hydrogens (tertiary/aromatic N) is 2. The summed E-state index contributed by atoms with van der Waals surface area (Å²) in [4.78, 5) is 31.0. The van der Waals surface area contributed by atoms with Crippen molar-refractivity contribution < 1.29 is 23.8 Å². The molecule has 9 nitrogen and oxygen atoms in total. The van der Waals surface area contributed by atoms with Gasteiger partial charge in [-0.1, -0.05) is 23.7 Å². The predicted octanol–water partition coefficient (Wildman–Crippen LogP) is 4.95. The van der Waals surface area contributed by atoms with Gasteiger partial charge in [0.2, 0.25) is 5.91 Å². The molecule has 0 aliphatic carbocycles. The average Bonchev–Trinajstić information content (AvgIpc) is 2.83. The van der Waals surface area contributed by atoms with Crippen LogP contribution in [0.5, 0.6) is 5.75 Å². The van der Waals surface area contributed by atoms with Crippen LogP contribution in [0.4, 0.5) is 26.4 Å². The summed E-state index contributed by atoms with van der Waals surface area (Å²) >= 11 is 6.38. The van der Waals surface area contributed by atoms with E-state index < -0.39 is 12.0 Å². The maximum atomic E-state index is 13.3. The second-order valence-corrected chi connectivity index (χ2v) is 7.76. The molecule has 1 aromatic heterocycles. The van der Waals surface area contributed by atoms with Crippen molar-refractivity contribution in [3.63, 3.8) is 0 Å². The highest BCUT2D eigenvalue weighted by Gasteiger charge is 2.10. The fraction of sp³-hybridized carbons (Fsp3) is 0.0833. The van der Waals surface area contributed by atoms with E-state index in [1.165, 1.54) is 18.5 Å². The number of hydrogen-bond donors (Lipinski definition) is 4. The SMILES string of the molecule is O=C(O)NCC(=O)Nc1ccc2ncnc(Nc3ccc(OCc4cccc(F)c4)c(Cl)c3)c2c1. The Morgan fingerprint density at radius 3 is 2.63 bits per heavy atom. The molecule has 0 aliphatic heterocycles. The van der Waals surface area contributed by atoms with Gasteiger partial charge in [0.25, 0.3) is 0 Å². The Balaban J connectivity index is 1.48. The van der Waals surface area contributed by atoms with Crippen LogP contribution in [0.25, 0.3) is 10.9 Å². The number of aromatic nitrogens is 2. The number of carbonyl (C=O) groups excluding carboxylic acids is 1. The third kappa shape index (κ3) is 6.33. The number of amides is 2. The summed E-state index contributed by atoms with van der Waals surface area (Å²) in [5.41, 5.74) is 2.39. The Morgan fingerprint density at radius 1 is 1.03 bits per heavy atom. The number of anilines is 3. The van der Waals surface area contributed by atoms with Crippen molar-refractivity contribution in [1.82, 2.24) is 15.3 Å². The molecule has 0 unspecified atom stereocenters. The van der Waals surface area contributed by atoms with E-state index in [0.717, 1.165) is 0 Å². The molecule has 0 atom stereocenters. The maximum absolute atomic E-state index is 13.3. The van der Waals surface area contributed by atoms with Crippen LogP contribution >= 0.6 is 11.6 Å². The van der Waals surface area contributed by atoms with E-state index in [1.54, 1.807) is 48.5 Å². The first-order valence-electron chi connectivity index (χ1n) is 10.3. The van der Waals surface area contributed by atoms with Crippen molar-refractivity contribution in [1.29, 1.82) is 0 Å². The second-order valence-electron chi connectivity index (χ2n) is 7.35. The van der Waals surface area contributed by atoms with Gasteiger partial charge in [-0.25, -0.2) is 19.2 Å². The first-order chi connectivity index (χ1) is 16.9. The molecule has 4 rings (SSSR count). The second kappa shape index (κ2) is 10.7. The molecule has 0 saturated heterocycles. The zero-order valence-electron chi connectivity index (χ0n) is 18.1. The molecule has 0 radical (unpaired) electrons. The molecule has 35 heavy (non-hydrogen) atoms. The topological polar surface area (TPSA) is 125 Å². The van der Waals surface area contributed by atoms with E-state index in [0.29, 0.717) is 44.4 Å². The van der Waals surface area contributed by atoms with Gasteiger partial charge in [0, 0.05) is 16.8 Å². The third-order valence-corrected chi connectivity index (χ3v) is 5.09. The normalized spacial score (nSPS) is 10.6. The van der Waals surface area contributed by atoms with E-state index in [9.17, 15) is 14.0 Å². The predicted molar refractivity (Wildman–Crippen MR) is 130 cm³/mol. The van der Waals surface area contributed by atoms with Crippen LogP contribution in [0.3, 0.4) is 0 Å². The van der Waals surface area contributed by atoms with Crippen LogP contribution < -0.4 is 20.7 Å². The molecule has 0 bridgehead atoms. The Morgan fingerprint density at radius 2 is 1.86 bits per heavy atom. The Kier molecular flexibility index (Phi) is 7.22. The van der Waals surface area contributed by atoms with Gasteiger partial charge in [-0.2, -0.15) is 0 Å². The number of carboxylic acid groups (broad SMARTS) is 1. The highest BCUT2D eigenvalue weighted by atomic mass is 35.5. The lowest BCUT2D eigenvalue weighted by molar-refractivity contribution is -0.115. The molecule has 0 spiro atoms. The minimum atomic E-state index is -1.29. The standard InChI is InChI=1S/C24H19ClFN5O4/c25-19-10-17(5-7-21(19)35-12-14-2-1-3-15(26)8-14)31-23-18-9-16(4-6-20(18)28-13-29-23)30-22(32)11-27-24(33)34/h1-10,13,27H,11-12H2,(H,30,32)(H,33,34)(H,28,29,31). The van der Waals surface area contributed by atoms with Gasteiger partial charge in [-0.3, -0.25) is 4.79 Å². The molecule has 4 aromatic rings. The molecular formula is C24H19ClFN5O4. The summed E-state index contributed by atoms with van der Waals surface area (Å²) in [6, 6.07) is 16.3. The van der Waals surface area contributed by atoms with Gasteiger partial charge in [-0.15, -0.1) is 0 Å². The van der Waals surface area contributed by atoms with Crippen molar-refractivity contribution in [2.24, 2.45) is 0 Å². The van der Waals surface area contributed by atoms with E-state index in [4.69, 9.17) is 21.4 Å². The van der Waals surface area contributed by atoms with Crippen LogP contribution in [0.15, 0.2) is 67.0 Å². The summed E-state index contributed by atoms with van der Waals surface area (Å²) in [6.07, 6.45) is 0.111. The van der Waals surface area contributed by atoms with Crippen LogP contribution in [-0.2, 0) is 11.4 Å². The van der Waals surface area contributed by atoms with Crippen molar-refractivity contribution in [2.75, 3.05) is 17.2 Å². The zero-order chi connectivity index (χ0) is 24.8. The highest BCUT2D eigenvalue weighted by Crippen LogP contribution is 2.31. The fourth-order valence-electron chi connectivity index (χ4n) is 3.22. The van der Waals surface area contributed by atoms with Gasteiger partial charge in [0.1, 0.15) is 36.9 Å². The van der Waals surface area contributed by atoms with Gasteiger partial charge in [0.15, 0.2) is 0 Å². The van der Waals surface area contributed by atoms with Crippen molar-refractivity contribution in [3.05, 3.63) is 83.4 Å². The summed E-state index contributed by atoms with van der Waals surface area (Å²) in [5.74, 6) is 0.0560. The molecule has 0 fully saturated rings. The lowest BCUT2D eigenvalue weighted by atomic mass is 10.2. The molecular weight excluding hydrogens is 477 g/mol. The number of ether oxygens (including phenoxy) is 1.